The van der Waals surface area contributed by atoms with Crippen LogP contribution in [-0.2, 0) is 35.1 Å². The number of nitrogens with zero attached hydrogens (tertiary/aromatic N) is 3. The maximum absolute atomic E-state index is 14.4. The van der Waals surface area contributed by atoms with E-state index in [2.05, 4.69) is 9.73 Å². The third-order valence-corrected chi connectivity index (χ3v) is 8.80. The Morgan fingerprint density at radius 1 is 0.938 bits per heavy atom. The summed E-state index contributed by atoms with van der Waals surface area (Å²) in [5.74, 6) is -0.895. The van der Waals surface area contributed by atoms with Gasteiger partial charge in [0.1, 0.15) is 6.54 Å². The van der Waals surface area contributed by atoms with E-state index < -0.39 is 18.0 Å². The number of methoxy groups -OCH3 is 1. The van der Waals surface area contributed by atoms with Crippen molar-refractivity contribution in [3.8, 4) is 11.5 Å². The van der Waals surface area contributed by atoms with Gasteiger partial charge in [-0.2, -0.15) is 0 Å². The van der Waals surface area contributed by atoms with Gasteiger partial charge >= 0.3 is 17.9 Å². The molecule has 5 rings (SSSR count). The summed E-state index contributed by atoms with van der Waals surface area (Å²) in [5, 5.41) is 0.869. The fraction of sp³-hybridized carbons (Fsp3) is 0.343. The molecule has 0 amide bonds. The van der Waals surface area contributed by atoms with Crippen LogP contribution < -0.4 is 24.4 Å². The monoisotopic (exact) mass is 675 g/mol. The highest BCUT2D eigenvalue weighted by Gasteiger charge is 2.34. The topological polar surface area (TPSA) is 137 Å². The molecule has 1 aliphatic heterocycles. The Kier molecular flexibility index (Phi) is 10.5. The third kappa shape index (κ3) is 6.63. The Morgan fingerprint density at radius 2 is 1.69 bits per heavy atom. The number of fused-ring (bicyclic) bond motifs is 2. The second-order valence-electron chi connectivity index (χ2n) is 10.7. The highest BCUT2D eigenvalue weighted by Crippen LogP contribution is 2.36. The average molecular weight is 676 g/mol. The van der Waals surface area contributed by atoms with Gasteiger partial charge < -0.3 is 28.3 Å². The molecular weight excluding hydrogens is 638 g/mol. The molecule has 252 valence electrons. The SMILES string of the molecule is CCOC(=O)Cn1c(C)c(/C=c2/sc3n(c2=O)[C@H](c2ccc(OCC(=O)OC)c(OCC)c2)C(C(=O)OCC)=C(C)N=3)c2ccccc21. The van der Waals surface area contributed by atoms with Crippen molar-refractivity contribution in [2.75, 3.05) is 33.5 Å². The molecule has 0 saturated heterocycles. The number of allylic oxidation sites excluding steroid dienone is 1. The first-order chi connectivity index (χ1) is 23.1. The van der Waals surface area contributed by atoms with Gasteiger partial charge in [0.25, 0.3) is 5.56 Å². The van der Waals surface area contributed by atoms with Crippen molar-refractivity contribution >= 4 is 46.2 Å². The van der Waals surface area contributed by atoms with Crippen LogP contribution in [0.15, 0.2) is 63.5 Å². The van der Waals surface area contributed by atoms with E-state index in [0.717, 1.165) is 22.2 Å². The van der Waals surface area contributed by atoms with Crippen molar-refractivity contribution in [1.29, 1.82) is 0 Å². The number of para-hydroxylation sites is 1. The van der Waals surface area contributed by atoms with Gasteiger partial charge in [-0.05, 0) is 64.5 Å². The van der Waals surface area contributed by atoms with Gasteiger partial charge in [-0.3, -0.25) is 14.2 Å². The Hall–Kier alpha value is -5.17. The van der Waals surface area contributed by atoms with Crippen molar-refractivity contribution in [3.63, 3.8) is 0 Å². The van der Waals surface area contributed by atoms with E-state index in [1.54, 1.807) is 52.0 Å². The van der Waals surface area contributed by atoms with Crippen molar-refractivity contribution in [3.05, 3.63) is 90.2 Å². The van der Waals surface area contributed by atoms with Crippen molar-refractivity contribution in [1.82, 2.24) is 9.13 Å². The minimum absolute atomic E-state index is 0.0267. The van der Waals surface area contributed by atoms with E-state index in [1.807, 2.05) is 35.8 Å². The van der Waals surface area contributed by atoms with Gasteiger partial charge in [-0.1, -0.05) is 35.6 Å². The highest BCUT2D eigenvalue weighted by atomic mass is 32.1. The summed E-state index contributed by atoms with van der Waals surface area (Å²) in [5.41, 5.74) is 3.22. The van der Waals surface area contributed by atoms with E-state index in [0.29, 0.717) is 38.7 Å². The third-order valence-electron chi connectivity index (χ3n) is 7.82. The quantitative estimate of drug-likeness (QED) is 0.163. The van der Waals surface area contributed by atoms with Crippen LogP contribution in [0.25, 0.3) is 17.0 Å². The van der Waals surface area contributed by atoms with E-state index in [4.69, 9.17) is 18.9 Å². The number of benzene rings is 2. The second kappa shape index (κ2) is 14.7. The minimum atomic E-state index is -0.900. The first kappa shape index (κ1) is 34.2. The molecule has 0 fully saturated rings. The zero-order valence-electron chi connectivity index (χ0n) is 27.7. The Labute approximate surface area is 280 Å². The number of thiazole rings is 1. The van der Waals surface area contributed by atoms with Crippen LogP contribution in [0, 0.1) is 6.92 Å². The molecule has 0 N–H and O–H groups in total. The van der Waals surface area contributed by atoms with E-state index in [-0.39, 0.29) is 43.5 Å². The summed E-state index contributed by atoms with van der Waals surface area (Å²) in [4.78, 5) is 57.1. The Morgan fingerprint density at radius 3 is 2.40 bits per heavy atom. The number of carbonyl (C=O) groups excluding carboxylic acids is 3. The summed E-state index contributed by atoms with van der Waals surface area (Å²) in [6.45, 7) is 9.28. The number of esters is 3. The molecule has 0 saturated carbocycles. The fourth-order valence-corrected chi connectivity index (χ4v) is 6.72. The van der Waals surface area contributed by atoms with Gasteiger partial charge in [-0.15, -0.1) is 0 Å². The smallest absolute Gasteiger partial charge is 0.343 e. The first-order valence-electron chi connectivity index (χ1n) is 15.5. The molecule has 4 aromatic rings. The van der Waals surface area contributed by atoms with Crippen molar-refractivity contribution < 1.29 is 38.1 Å². The summed E-state index contributed by atoms with van der Waals surface area (Å²) >= 11 is 1.20. The summed E-state index contributed by atoms with van der Waals surface area (Å²) in [7, 11) is 1.27. The number of aromatic nitrogens is 2. The average Bonchev–Trinajstić information content (AvgIpc) is 3.51. The number of ether oxygens (including phenoxy) is 5. The molecule has 1 aliphatic rings. The molecule has 0 unspecified atom stereocenters. The van der Waals surface area contributed by atoms with E-state index in [1.165, 1.54) is 23.0 Å². The molecule has 0 aliphatic carbocycles. The fourth-order valence-electron chi connectivity index (χ4n) is 5.70. The number of carbonyl (C=O) groups is 3. The molecule has 2 aromatic heterocycles. The molecule has 12 nitrogen and oxygen atoms in total. The highest BCUT2D eigenvalue weighted by molar-refractivity contribution is 7.07. The molecule has 3 heterocycles. The van der Waals surface area contributed by atoms with Gasteiger partial charge in [0.15, 0.2) is 22.9 Å². The molecular formula is C35H37N3O9S. The standard InChI is InChI=1S/C35H37N3O9S/c1-7-44-27-16-22(14-15-26(27)47-19-30(40)43-6)32-31(34(42)46-9-3)20(4)36-35-38(32)33(41)28(48-35)17-24-21(5)37(18-29(39)45-8-2)25-13-11-10-12-23(24)25/h10-17,32H,7-9,18-19H2,1-6H3/b28-17+/t32-/m1/s1. The largest absolute Gasteiger partial charge is 0.490 e. The summed E-state index contributed by atoms with van der Waals surface area (Å²) in [6, 6.07) is 11.8. The number of hydrogen-bond donors (Lipinski definition) is 0. The molecule has 1 atom stereocenters. The van der Waals surface area contributed by atoms with Gasteiger partial charge in [-0.25, -0.2) is 14.6 Å². The maximum atomic E-state index is 14.4. The molecule has 48 heavy (non-hydrogen) atoms. The van der Waals surface area contributed by atoms with Crippen LogP contribution in [0.5, 0.6) is 11.5 Å². The van der Waals surface area contributed by atoms with Gasteiger partial charge in [0.05, 0.1) is 48.8 Å². The van der Waals surface area contributed by atoms with Crippen molar-refractivity contribution in [2.24, 2.45) is 4.99 Å². The molecule has 13 heteroatoms. The maximum Gasteiger partial charge on any atom is 0.343 e. The number of hydrogen-bond acceptors (Lipinski definition) is 11. The zero-order valence-corrected chi connectivity index (χ0v) is 28.5. The van der Waals surface area contributed by atoms with E-state index >= 15 is 0 Å². The van der Waals surface area contributed by atoms with Crippen molar-refractivity contribution in [2.45, 2.75) is 47.2 Å². The van der Waals surface area contributed by atoms with Gasteiger partial charge in [0, 0.05) is 22.2 Å². The lowest BCUT2D eigenvalue weighted by Crippen LogP contribution is -2.40. The lowest BCUT2D eigenvalue weighted by Gasteiger charge is -2.25. The second-order valence-corrected chi connectivity index (χ2v) is 11.7. The molecule has 2 aromatic carbocycles. The van der Waals surface area contributed by atoms with Crippen LogP contribution in [0.4, 0.5) is 0 Å². The van der Waals surface area contributed by atoms with Crippen LogP contribution in [0.2, 0.25) is 0 Å². The van der Waals surface area contributed by atoms with Crippen LogP contribution >= 0.6 is 11.3 Å². The minimum Gasteiger partial charge on any atom is -0.490 e. The van der Waals surface area contributed by atoms with Crippen LogP contribution in [0.1, 0.15) is 50.6 Å². The first-order valence-corrected chi connectivity index (χ1v) is 16.3. The predicted molar refractivity (Wildman–Crippen MR) is 179 cm³/mol. The lowest BCUT2D eigenvalue weighted by molar-refractivity contribution is -0.144. The zero-order chi connectivity index (χ0) is 34.5. The van der Waals surface area contributed by atoms with E-state index in [9.17, 15) is 19.2 Å². The molecule has 0 bridgehead atoms. The molecule has 0 radical (unpaired) electrons. The molecule has 0 spiro atoms. The predicted octanol–water partition coefficient (Wildman–Crippen LogP) is 3.58. The van der Waals surface area contributed by atoms with Crippen LogP contribution in [0.3, 0.4) is 0 Å². The summed E-state index contributed by atoms with van der Waals surface area (Å²) in [6.07, 6.45) is 1.80. The lowest BCUT2D eigenvalue weighted by atomic mass is 9.95. The summed E-state index contributed by atoms with van der Waals surface area (Å²) < 4.78 is 30.6. The Bertz CT molecular complexity index is 2100. The Balaban J connectivity index is 1.70. The normalized spacial score (nSPS) is 14.4. The van der Waals surface area contributed by atoms with Gasteiger partial charge in [0.2, 0.25) is 0 Å². The number of rotatable bonds is 12. The van der Waals surface area contributed by atoms with Crippen LogP contribution in [-0.4, -0.2) is 60.6 Å².